The Morgan fingerprint density at radius 1 is 1.50 bits per heavy atom. The second kappa shape index (κ2) is 6.35. The van der Waals surface area contributed by atoms with E-state index in [4.69, 9.17) is 14.6 Å². The molecule has 1 amide bonds. The van der Waals surface area contributed by atoms with Gasteiger partial charge in [-0.1, -0.05) is 6.92 Å². The van der Waals surface area contributed by atoms with Gasteiger partial charge in [0.2, 0.25) is 0 Å². The molecule has 0 aromatic heterocycles. The molecule has 0 spiro atoms. The maximum absolute atomic E-state index is 11.5. The van der Waals surface area contributed by atoms with Crippen LogP contribution in [0.25, 0.3) is 0 Å². The Morgan fingerprint density at radius 3 is 2.31 bits per heavy atom. The zero-order chi connectivity index (χ0) is 12.8. The van der Waals surface area contributed by atoms with Crippen LogP contribution in [0.5, 0.6) is 0 Å². The first-order valence-electron chi connectivity index (χ1n) is 5.36. The van der Waals surface area contributed by atoms with Crippen LogP contribution in [-0.4, -0.2) is 41.3 Å². The summed E-state index contributed by atoms with van der Waals surface area (Å²) in [4.78, 5) is 21.7. The monoisotopic (exact) mass is 231 g/mol. The lowest BCUT2D eigenvalue weighted by molar-refractivity contribution is -0.122. The average molecular weight is 231 g/mol. The highest BCUT2D eigenvalue weighted by atomic mass is 16.6. The fourth-order valence-electron chi connectivity index (χ4n) is 1.43. The fourth-order valence-corrected chi connectivity index (χ4v) is 1.43. The smallest absolute Gasteiger partial charge is 0.410 e. The predicted octanol–water partition coefficient (Wildman–Crippen LogP) is 1.96. The SMILES string of the molecule is CC1CCN(C(=O)OC(C)(C)C)C1.O=CO. The summed E-state index contributed by atoms with van der Waals surface area (Å²) in [6.07, 6.45) is 0.927. The van der Waals surface area contributed by atoms with E-state index < -0.39 is 0 Å². The van der Waals surface area contributed by atoms with Crippen molar-refractivity contribution in [3.8, 4) is 0 Å². The van der Waals surface area contributed by atoms with E-state index in [2.05, 4.69) is 6.92 Å². The van der Waals surface area contributed by atoms with Crippen molar-refractivity contribution in [2.45, 2.75) is 39.7 Å². The third kappa shape index (κ3) is 6.27. The molecular formula is C11H21NO4. The van der Waals surface area contributed by atoms with Crippen molar-refractivity contribution in [1.82, 2.24) is 4.90 Å². The van der Waals surface area contributed by atoms with Crippen molar-refractivity contribution in [2.24, 2.45) is 5.92 Å². The van der Waals surface area contributed by atoms with Crippen molar-refractivity contribution in [2.75, 3.05) is 13.1 Å². The Hall–Kier alpha value is -1.26. The molecule has 0 aliphatic carbocycles. The second-order valence-electron chi connectivity index (χ2n) is 4.93. The van der Waals surface area contributed by atoms with Crippen LogP contribution < -0.4 is 0 Å². The van der Waals surface area contributed by atoms with E-state index in [1.807, 2.05) is 20.8 Å². The van der Waals surface area contributed by atoms with Crippen LogP contribution >= 0.6 is 0 Å². The van der Waals surface area contributed by atoms with Crippen LogP contribution in [0.3, 0.4) is 0 Å². The summed E-state index contributed by atoms with van der Waals surface area (Å²) in [6.45, 7) is 9.27. The molecule has 1 rings (SSSR count). The lowest BCUT2D eigenvalue weighted by atomic mass is 10.2. The minimum atomic E-state index is -0.372. The van der Waals surface area contributed by atoms with Gasteiger partial charge in [-0.15, -0.1) is 0 Å². The van der Waals surface area contributed by atoms with Gasteiger partial charge < -0.3 is 14.7 Å². The zero-order valence-electron chi connectivity index (χ0n) is 10.4. The molecule has 1 saturated heterocycles. The van der Waals surface area contributed by atoms with Crippen molar-refractivity contribution >= 4 is 12.6 Å². The Morgan fingerprint density at radius 2 is 2.00 bits per heavy atom. The van der Waals surface area contributed by atoms with Gasteiger partial charge in [0.15, 0.2) is 0 Å². The summed E-state index contributed by atoms with van der Waals surface area (Å²) in [5.41, 5.74) is -0.372. The number of amides is 1. The Labute approximate surface area is 96.4 Å². The lowest BCUT2D eigenvalue weighted by Crippen LogP contribution is -2.35. The number of hydrogen-bond acceptors (Lipinski definition) is 3. The predicted molar refractivity (Wildman–Crippen MR) is 60.3 cm³/mol. The molecule has 1 heterocycles. The van der Waals surface area contributed by atoms with Crippen LogP contribution in [0.1, 0.15) is 34.1 Å². The number of hydrogen-bond donors (Lipinski definition) is 1. The molecule has 1 N–H and O–H groups in total. The number of likely N-dealkylation sites (tertiary alicyclic amines) is 1. The van der Waals surface area contributed by atoms with E-state index in [9.17, 15) is 4.79 Å². The number of ether oxygens (including phenoxy) is 1. The van der Waals surface area contributed by atoms with Crippen LogP contribution in [0.15, 0.2) is 0 Å². The maximum atomic E-state index is 11.5. The van der Waals surface area contributed by atoms with E-state index in [1.54, 1.807) is 4.90 Å². The fraction of sp³-hybridized carbons (Fsp3) is 0.818. The first-order chi connectivity index (χ1) is 7.30. The Kier molecular flexibility index (Phi) is 5.85. The molecule has 1 atom stereocenters. The number of carbonyl (C=O) groups excluding carboxylic acids is 1. The number of rotatable bonds is 0. The van der Waals surface area contributed by atoms with E-state index in [0.717, 1.165) is 19.5 Å². The van der Waals surface area contributed by atoms with Gasteiger partial charge in [-0.05, 0) is 33.1 Å². The molecule has 1 aliphatic rings. The third-order valence-electron chi connectivity index (χ3n) is 2.08. The van der Waals surface area contributed by atoms with Gasteiger partial charge in [0.05, 0.1) is 0 Å². The molecule has 5 heteroatoms. The molecule has 0 aromatic rings. The van der Waals surface area contributed by atoms with Crippen molar-refractivity contribution in [3.63, 3.8) is 0 Å². The van der Waals surface area contributed by atoms with E-state index >= 15 is 0 Å². The van der Waals surface area contributed by atoms with Crippen LogP contribution in [-0.2, 0) is 9.53 Å². The lowest BCUT2D eigenvalue weighted by Gasteiger charge is -2.24. The molecule has 0 radical (unpaired) electrons. The van der Waals surface area contributed by atoms with Gasteiger partial charge in [-0.25, -0.2) is 4.79 Å². The maximum Gasteiger partial charge on any atom is 0.410 e. The summed E-state index contributed by atoms with van der Waals surface area (Å²) in [5, 5.41) is 6.89. The van der Waals surface area contributed by atoms with E-state index in [1.165, 1.54) is 0 Å². The topological polar surface area (TPSA) is 66.8 Å². The zero-order valence-corrected chi connectivity index (χ0v) is 10.4. The van der Waals surface area contributed by atoms with Crippen molar-refractivity contribution in [1.29, 1.82) is 0 Å². The molecule has 1 fully saturated rings. The molecule has 0 bridgehead atoms. The standard InChI is InChI=1S/C10H19NO2.CH2O2/c1-8-5-6-11(7-8)9(12)13-10(2,3)4;2-1-3/h8H,5-7H2,1-4H3;1H,(H,2,3). The minimum absolute atomic E-state index is 0.170. The van der Waals surface area contributed by atoms with Gasteiger partial charge in [0.25, 0.3) is 6.47 Å². The summed E-state index contributed by atoms with van der Waals surface area (Å²) in [7, 11) is 0. The van der Waals surface area contributed by atoms with Crippen molar-refractivity contribution in [3.05, 3.63) is 0 Å². The molecule has 1 unspecified atom stereocenters. The highest BCUT2D eigenvalue weighted by Crippen LogP contribution is 2.18. The van der Waals surface area contributed by atoms with Crippen molar-refractivity contribution < 1.29 is 19.4 Å². The van der Waals surface area contributed by atoms with Gasteiger partial charge >= 0.3 is 6.09 Å². The Bertz CT molecular complexity index is 235. The average Bonchev–Trinajstić information content (AvgIpc) is 2.50. The first kappa shape index (κ1) is 14.7. The quantitative estimate of drug-likeness (QED) is 0.647. The number of nitrogens with zero attached hydrogens (tertiary/aromatic N) is 1. The summed E-state index contributed by atoms with van der Waals surface area (Å²) >= 11 is 0. The summed E-state index contributed by atoms with van der Waals surface area (Å²) < 4.78 is 5.26. The van der Waals surface area contributed by atoms with E-state index in [0.29, 0.717) is 5.92 Å². The molecule has 5 nitrogen and oxygen atoms in total. The summed E-state index contributed by atoms with van der Waals surface area (Å²) in [6, 6.07) is 0. The molecule has 16 heavy (non-hydrogen) atoms. The van der Waals surface area contributed by atoms with Gasteiger partial charge in [0, 0.05) is 13.1 Å². The second-order valence-corrected chi connectivity index (χ2v) is 4.93. The molecular weight excluding hydrogens is 210 g/mol. The van der Waals surface area contributed by atoms with Crippen LogP contribution in [0.4, 0.5) is 4.79 Å². The highest BCUT2D eigenvalue weighted by Gasteiger charge is 2.27. The molecule has 0 saturated carbocycles. The van der Waals surface area contributed by atoms with Gasteiger partial charge in [0.1, 0.15) is 5.60 Å². The van der Waals surface area contributed by atoms with Crippen LogP contribution in [0, 0.1) is 5.92 Å². The van der Waals surface area contributed by atoms with Gasteiger partial charge in [-0.3, -0.25) is 4.79 Å². The largest absolute Gasteiger partial charge is 0.483 e. The summed E-state index contributed by atoms with van der Waals surface area (Å²) in [5.74, 6) is 0.618. The van der Waals surface area contributed by atoms with Crippen LogP contribution in [0.2, 0.25) is 0 Å². The van der Waals surface area contributed by atoms with Gasteiger partial charge in [-0.2, -0.15) is 0 Å². The van der Waals surface area contributed by atoms with E-state index in [-0.39, 0.29) is 18.2 Å². The first-order valence-corrected chi connectivity index (χ1v) is 5.36. The number of carbonyl (C=O) groups is 2. The number of carboxylic acid groups (broad SMARTS) is 1. The molecule has 0 aromatic carbocycles. The highest BCUT2D eigenvalue weighted by molar-refractivity contribution is 5.68. The Balaban J connectivity index is 0.000000673. The normalized spacial score (nSPS) is 19.8. The third-order valence-corrected chi connectivity index (χ3v) is 2.08. The minimum Gasteiger partial charge on any atom is -0.483 e. The molecule has 94 valence electrons. The molecule has 1 aliphatic heterocycles.